The Balaban J connectivity index is 1.77. The molecular formula is C20H23BrN2O5. The molecule has 28 heavy (non-hydrogen) atoms. The summed E-state index contributed by atoms with van der Waals surface area (Å²) in [5.41, 5.74) is 6.03. The van der Waals surface area contributed by atoms with Crippen LogP contribution < -0.4 is 20.3 Å². The second-order valence-corrected chi connectivity index (χ2v) is 6.63. The highest BCUT2D eigenvalue weighted by Gasteiger charge is 2.09. The number of benzene rings is 2. The number of rotatable bonds is 9. The van der Waals surface area contributed by atoms with Crippen molar-refractivity contribution in [2.24, 2.45) is 0 Å². The minimum absolute atomic E-state index is 0.220. The molecule has 2 N–H and O–H groups in total. The van der Waals surface area contributed by atoms with E-state index >= 15 is 0 Å². The monoisotopic (exact) mass is 450 g/mol. The van der Waals surface area contributed by atoms with Gasteiger partial charge in [-0.1, -0.05) is 22.0 Å². The zero-order valence-electron chi connectivity index (χ0n) is 15.8. The van der Waals surface area contributed by atoms with Crippen LogP contribution in [-0.4, -0.2) is 38.2 Å². The Labute approximate surface area is 172 Å². The molecule has 0 aliphatic rings. The smallest absolute Gasteiger partial charge is 0.276 e. The van der Waals surface area contributed by atoms with Crippen LogP contribution in [0.25, 0.3) is 0 Å². The Morgan fingerprint density at radius 1 is 1.00 bits per heavy atom. The molecule has 0 radical (unpaired) electrons. The van der Waals surface area contributed by atoms with E-state index in [4.69, 9.17) is 14.2 Å². The van der Waals surface area contributed by atoms with Gasteiger partial charge in [-0.3, -0.25) is 20.4 Å². The number of carbonyl (C=O) groups is 2. The number of hydrazine groups is 1. The minimum atomic E-state index is -0.474. The van der Waals surface area contributed by atoms with Crippen molar-refractivity contribution in [2.75, 3.05) is 26.4 Å². The lowest BCUT2D eigenvalue weighted by atomic mass is 10.2. The van der Waals surface area contributed by atoms with Crippen molar-refractivity contribution in [3.63, 3.8) is 0 Å². The first kappa shape index (κ1) is 21.7. The van der Waals surface area contributed by atoms with Gasteiger partial charge in [-0.2, -0.15) is 0 Å². The van der Waals surface area contributed by atoms with Crippen molar-refractivity contribution in [3.8, 4) is 11.5 Å². The Hall–Kier alpha value is -2.58. The molecule has 0 fully saturated rings. The van der Waals surface area contributed by atoms with Gasteiger partial charge in [0.1, 0.15) is 18.1 Å². The van der Waals surface area contributed by atoms with E-state index in [0.29, 0.717) is 36.9 Å². The van der Waals surface area contributed by atoms with E-state index < -0.39 is 11.8 Å². The summed E-state index contributed by atoms with van der Waals surface area (Å²) >= 11 is 3.40. The van der Waals surface area contributed by atoms with Gasteiger partial charge >= 0.3 is 0 Å². The first-order chi connectivity index (χ1) is 13.5. The summed E-state index contributed by atoms with van der Waals surface area (Å²) in [6.07, 6.45) is 0. The average Bonchev–Trinajstić information content (AvgIpc) is 2.70. The van der Waals surface area contributed by atoms with E-state index in [0.717, 1.165) is 10.0 Å². The second kappa shape index (κ2) is 11.3. The molecule has 0 aliphatic heterocycles. The fourth-order valence-corrected chi connectivity index (χ4v) is 2.43. The van der Waals surface area contributed by atoms with Crippen LogP contribution in [0.1, 0.15) is 22.8 Å². The highest BCUT2D eigenvalue weighted by molar-refractivity contribution is 9.10. The van der Waals surface area contributed by atoms with E-state index in [1.165, 1.54) is 0 Å². The molecule has 2 aromatic rings. The summed E-state index contributed by atoms with van der Waals surface area (Å²) in [5.74, 6) is 0.188. The van der Waals surface area contributed by atoms with Crippen molar-refractivity contribution < 1.29 is 23.8 Å². The highest BCUT2D eigenvalue weighted by Crippen LogP contribution is 2.21. The van der Waals surface area contributed by atoms with Gasteiger partial charge in [0, 0.05) is 16.6 Å². The summed E-state index contributed by atoms with van der Waals surface area (Å²) in [6, 6.07) is 12.1. The molecule has 0 saturated heterocycles. The van der Waals surface area contributed by atoms with Gasteiger partial charge in [0.05, 0.1) is 6.61 Å². The molecule has 8 heteroatoms. The fraction of sp³-hybridized carbons (Fsp3) is 0.300. The molecule has 0 bridgehead atoms. The molecule has 7 nitrogen and oxygen atoms in total. The Morgan fingerprint density at radius 3 is 2.54 bits per heavy atom. The topological polar surface area (TPSA) is 85.9 Å². The maximum absolute atomic E-state index is 12.2. The predicted molar refractivity (Wildman–Crippen MR) is 108 cm³/mol. The summed E-state index contributed by atoms with van der Waals surface area (Å²) in [7, 11) is 0. The van der Waals surface area contributed by atoms with Crippen molar-refractivity contribution in [2.45, 2.75) is 13.8 Å². The Bertz CT molecular complexity index is 813. The van der Waals surface area contributed by atoms with Gasteiger partial charge in [-0.25, -0.2) is 0 Å². The number of ether oxygens (including phenoxy) is 3. The molecule has 2 aromatic carbocycles. The number of hydrogen-bond acceptors (Lipinski definition) is 5. The van der Waals surface area contributed by atoms with Crippen LogP contribution >= 0.6 is 15.9 Å². The lowest BCUT2D eigenvalue weighted by Gasteiger charge is -2.11. The van der Waals surface area contributed by atoms with E-state index in [1.54, 1.807) is 30.3 Å². The standard InChI is InChI=1S/C20H23BrN2O5/c1-3-26-9-10-27-16-6-4-5-15(12-16)20(25)23-22-19(24)13-28-17-7-8-18(21)14(2)11-17/h4-8,11-12H,3,9-10,13H2,1-2H3,(H,22,24)(H,23,25). The maximum Gasteiger partial charge on any atom is 0.276 e. The molecule has 0 aliphatic carbocycles. The molecular weight excluding hydrogens is 428 g/mol. The number of aryl methyl sites for hydroxylation is 1. The fourth-order valence-electron chi connectivity index (χ4n) is 2.18. The van der Waals surface area contributed by atoms with Crippen molar-refractivity contribution in [3.05, 3.63) is 58.1 Å². The van der Waals surface area contributed by atoms with Crippen LogP contribution in [0.3, 0.4) is 0 Å². The number of carbonyl (C=O) groups excluding carboxylic acids is 2. The van der Waals surface area contributed by atoms with Gasteiger partial charge in [0.15, 0.2) is 6.61 Å². The molecule has 0 unspecified atom stereocenters. The largest absolute Gasteiger partial charge is 0.491 e. The third-order valence-electron chi connectivity index (χ3n) is 3.61. The number of hydrogen-bond donors (Lipinski definition) is 2. The molecule has 2 rings (SSSR count). The van der Waals surface area contributed by atoms with E-state index in [2.05, 4.69) is 26.8 Å². The van der Waals surface area contributed by atoms with Crippen molar-refractivity contribution >= 4 is 27.7 Å². The third kappa shape index (κ3) is 7.21. The lowest BCUT2D eigenvalue weighted by molar-refractivity contribution is -0.123. The second-order valence-electron chi connectivity index (χ2n) is 5.78. The van der Waals surface area contributed by atoms with Gasteiger partial charge in [-0.05, 0) is 55.8 Å². The van der Waals surface area contributed by atoms with Crippen molar-refractivity contribution in [1.29, 1.82) is 0 Å². The lowest BCUT2D eigenvalue weighted by Crippen LogP contribution is -2.43. The summed E-state index contributed by atoms with van der Waals surface area (Å²) < 4.78 is 17.1. The van der Waals surface area contributed by atoms with Crippen LogP contribution in [0.15, 0.2) is 46.9 Å². The predicted octanol–water partition coefficient (Wildman–Crippen LogP) is 3.01. The van der Waals surface area contributed by atoms with E-state index in [9.17, 15) is 9.59 Å². The van der Waals surface area contributed by atoms with Gasteiger partial charge in [0.2, 0.25) is 0 Å². The SMILES string of the molecule is CCOCCOc1cccc(C(=O)NNC(=O)COc2ccc(Br)c(C)c2)c1. The first-order valence-electron chi connectivity index (χ1n) is 8.78. The molecule has 2 amide bonds. The molecule has 0 heterocycles. The minimum Gasteiger partial charge on any atom is -0.491 e. The van der Waals surface area contributed by atoms with E-state index in [1.807, 2.05) is 26.0 Å². The maximum atomic E-state index is 12.2. The first-order valence-corrected chi connectivity index (χ1v) is 9.57. The van der Waals surface area contributed by atoms with Crippen molar-refractivity contribution in [1.82, 2.24) is 10.9 Å². The normalized spacial score (nSPS) is 10.2. The van der Waals surface area contributed by atoms with Crippen LogP contribution in [0.5, 0.6) is 11.5 Å². The van der Waals surface area contributed by atoms with Crippen LogP contribution in [0, 0.1) is 6.92 Å². The highest BCUT2D eigenvalue weighted by atomic mass is 79.9. The zero-order chi connectivity index (χ0) is 20.4. The summed E-state index contributed by atoms with van der Waals surface area (Å²) in [4.78, 5) is 24.1. The number of amides is 2. The van der Waals surface area contributed by atoms with Crippen LogP contribution in [0.2, 0.25) is 0 Å². The molecule has 0 atom stereocenters. The van der Waals surface area contributed by atoms with Gasteiger partial charge < -0.3 is 14.2 Å². The molecule has 0 aromatic heterocycles. The number of nitrogens with one attached hydrogen (secondary N) is 2. The van der Waals surface area contributed by atoms with Crippen LogP contribution in [0.4, 0.5) is 0 Å². The Morgan fingerprint density at radius 2 is 1.79 bits per heavy atom. The summed E-state index contributed by atoms with van der Waals surface area (Å²) in [5, 5.41) is 0. The van der Waals surface area contributed by atoms with E-state index in [-0.39, 0.29) is 6.61 Å². The number of halogens is 1. The molecule has 150 valence electrons. The van der Waals surface area contributed by atoms with Gasteiger partial charge in [0.25, 0.3) is 11.8 Å². The molecule has 0 spiro atoms. The van der Waals surface area contributed by atoms with Gasteiger partial charge in [-0.15, -0.1) is 0 Å². The average molecular weight is 451 g/mol. The third-order valence-corrected chi connectivity index (χ3v) is 4.50. The quantitative estimate of drug-likeness (QED) is 0.452. The molecule has 0 saturated carbocycles. The van der Waals surface area contributed by atoms with Crippen LogP contribution in [-0.2, 0) is 9.53 Å². The Kier molecular flexibility index (Phi) is 8.77. The zero-order valence-corrected chi connectivity index (χ0v) is 17.4. The summed E-state index contributed by atoms with van der Waals surface area (Å²) in [6.45, 7) is 5.10.